The Kier molecular flexibility index (Phi) is 12.1. The van der Waals surface area contributed by atoms with Gasteiger partial charge in [-0.05, 0) is 99.7 Å². The topological polar surface area (TPSA) is 133 Å². The molecule has 4 atom stereocenters. The maximum Gasteiger partial charge on any atom is 0.333 e. The lowest BCUT2D eigenvalue weighted by molar-refractivity contribution is -0.161. The van der Waals surface area contributed by atoms with Crippen molar-refractivity contribution in [2.75, 3.05) is 46.2 Å². The van der Waals surface area contributed by atoms with Gasteiger partial charge >= 0.3 is 11.9 Å². The van der Waals surface area contributed by atoms with Crippen molar-refractivity contribution in [2.45, 2.75) is 24.6 Å². The Hall–Kier alpha value is -6.76. The van der Waals surface area contributed by atoms with Crippen LogP contribution in [-0.2, 0) is 28.5 Å². The smallest absolute Gasteiger partial charge is 0.333 e. The lowest BCUT2D eigenvalue weighted by Gasteiger charge is -2.20. The van der Waals surface area contributed by atoms with Crippen molar-refractivity contribution < 1.29 is 57.0 Å². The van der Waals surface area contributed by atoms with Crippen LogP contribution < -0.4 is 28.4 Å². The van der Waals surface area contributed by atoms with Gasteiger partial charge in [0.05, 0.1) is 13.2 Å². The van der Waals surface area contributed by atoms with Crippen molar-refractivity contribution in [3.63, 3.8) is 0 Å². The summed E-state index contributed by atoms with van der Waals surface area (Å²) in [5.41, 5.74) is 0. The Balaban J connectivity index is 0.901. The van der Waals surface area contributed by atoms with Crippen molar-refractivity contribution in [1.82, 2.24) is 0 Å². The summed E-state index contributed by atoms with van der Waals surface area (Å²) in [6.07, 6.45) is 0.636. The number of ether oxygens (including phenoxy) is 10. The molecule has 0 N–H and O–H groups in total. The van der Waals surface area contributed by atoms with Gasteiger partial charge in [0.2, 0.25) is 0 Å². The second-order valence-corrected chi connectivity index (χ2v) is 13.9. The van der Waals surface area contributed by atoms with Gasteiger partial charge in [0, 0.05) is 17.5 Å². The van der Waals surface area contributed by atoms with Gasteiger partial charge in [0.15, 0.2) is 12.7 Å². The zero-order chi connectivity index (χ0) is 40.6. The maximum atomic E-state index is 12.3. The first-order chi connectivity index (χ1) is 28.9. The van der Waals surface area contributed by atoms with Crippen molar-refractivity contribution in [3.05, 3.63) is 135 Å². The van der Waals surface area contributed by atoms with Crippen LogP contribution in [0.1, 0.15) is 0 Å². The van der Waals surface area contributed by atoms with Crippen molar-refractivity contribution >= 4 is 44.3 Å². The third-order valence-electron chi connectivity index (χ3n) is 9.43. The average Bonchev–Trinajstić information content (AvgIpc) is 4.21. The standard InChI is InChI=1S/C47H42O12/c1-3-45(48)57-42(27-52-37-14-9-30-8-12-35(19-33(30)20-37)50-23-40-25-54-40)28-53-38-16-17-43-32(18-38)6-5-7-44(43)56-29-47(59-46(49)4-2)58-39-15-11-31-10-13-36(21-34(31)22-39)51-24-41-26-55-41/h3-22,40-42,47H,1-2,23-29H2. The van der Waals surface area contributed by atoms with E-state index in [1.54, 1.807) is 12.1 Å². The van der Waals surface area contributed by atoms with E-state index in [1.807, 2.05) is 97.1 Å². The summed E-state index contributed by atoms with van der Waals surface area (Å²) in [5, 5.41) is 5.46. The minimum absolute atomic E-state index is 0.0162. The van der Waals surface area contributed by atoms with E-state index >= 15 is 0 Å². The highest BCUT2D eigenvalue weighted by molar-refractivity contribution is 5.90. The normalized spacial score (nSPS) is 16.3. The minimum Gasteiger partial charge on any atom is -0.491 e. The Labute approximate surface area is 340 Å². The molecule has 2 saturated heterocycles. The van der Waals surface area contributed by atoms with E-state index in [1.165, 1.54) is 0 Å². The van der Waals surface area contributed by atoms with Gasteiger partial charge in [-0.1, -0.05) is 49.6 Å². The molecule has 6 aromatic rings. The highest BCUT2D eigenvalue weighted by Gasteiger charge is 2.24. The summed E-state index contributed by atoms with van der Waals surface area (Å²) in [5.74, 6) is 2.36. The van der Waals surface area contributed by atoms with Gasteiger partial charge in [-0.15, -0.1) is 0 Å². The molecule has 6 aromatic carbocycles. The molecular weight excluding hydrogens is 757 g/mol. The van der Waals surface area contributed by atoms with Crippen LogP contribution in [-0.4, -0.2) is 82.8 Å². The van der Waals surface area contributed by atoms with E-state index in [9.17, 15) is 9.59 Å². The predicted molar refractivity (Wildman–Crippen MR) is 220 cm³/mol. The van der Waals surface area contributed by atoms with Crippen molar-refractivity contribution in [3.8, 4) is 34.5 Å². The molecule has 12 nitrogen and oxygen atoms in total. The van der Waals surface area contributed by atoms with E-state index in [0.29, 0.717) is 42.8 Å². The summed E-state index contributed by atoms with van der Waals surface area (Å²) >= 11 is 0. The minimum atomic E-state index is -1.09. The van der Waals surface area contributed by atoms with Crippen molar-refractivity contribution in [1.29, 1.82) is 0 Å². The molecule has 2 fully saturated rings. The number of fused-ring (bicyclic) bond motifs is 3. The summed E-state index contributed by atoms with van der Waals surface area (Å²) in [4.78, 5) is 24.5. The molecule has 2 aliphatic rings. The molecule has 0 amide bonds. The highest BCUT2D eigenvalue weighted by atomic mass is 16.7. The Morgan fingerprint density at radius 2 is 1.05 bits per heavy atom. The zero-order valence-electron chi connectivity index (χ0n) is 32.1. The number of carbonyl (C=O) groups excluding carboxylic acids is 2. The van der Waals surface area contributed by atoms with E-state index in [-0.39, 0.29) is 32.0 Å². The quantitative estimate of drug-likeness (QED) is 0.0305. The van der Waals surface area contributed by atoms with Gasteiger partial charge in [0.1, 0.15) is 73.1 Å². The molecule has 12 heteroatoms. The Morgan fingerprint density at radius 1 is 0.559 bits per heavy atom. The highest BCUT2D eigenvalue weighted by Crippen LogP contribution is 2.31. The van der Waals surface area contributed by atoms with E-state index in [0.717, 1.165) is 62.6 Å². The Morgan fingerprint density at radius 3 is 1.61 bits per heavy atom. The number of hydrogen-bond donors (Lipinski definition) is 0. The summed E-state index contributed by atoms with van der Waals surface area (Å²) in [6.45, 7) is 9.42. The lowest BCUT2D eigenvalue weighted by atomic mass is 10.1. The predicted octanol–water partition coefficient (Wildman–Crippen LogP) is 7.77. The largest absolute Gasteiger partial charge is 0.491 e. The lowest BCUT2D eigenvalue weighted by Crippen LogP contribution is -2.30. The molecule has 0 aliphatic carbocycles. The third-order valence-corrected chi connectivity index (χ3v) is 9.43. The molecule has 0 bridgehead atoms. The first-order valence-electron chi connectivity index (χ1n) is 19.2. The van der Waals surface area contributed by atoms with E-state index < -0.39 is 24.3 Å². The van der Waals surface area contributed by atoms with E-state index in [4.69, 9.17) is 47.4 Å². The van der Waals surface area contributed by atoms with Crippen LogP contribution in [0.5, 0.6) is 34.5 Å². The summed E-state index contributed by atoms with van der Waals surface area (Å²) in [7, 11) is 0. The molecule has 0 aromatic heterocycles. The van der Waals surface area contributed by atoms with Crippen LogP contribution >= 0.6 is 0 Å². The fourth-order valence-electron chi connectivity index (χ4n) is 6.19. The number of rotatable bonds is 21. The SMILES string of the molecule is C=CC(=O)OC(COc1ccc2ccc(OCC3CO3)cc2c1)COc1ccc2c(OCC(OC(=O)C=C)Oc3ccc4ccc(OCC5CO5)cc4c3)cccc2c1. The fraction of sp³-hybridized carbons (Fsp3) is 0.234. The average molecular weight is 799 g/mol. The summed E-state index contributed by atoms with van der Waals surface area (Å²) in [6, 6.07) is 34.0. The third kappa shape index (κ3) is 10.8. The number of benzene rings is 6. The molecule has 4 unspecified atom stereocenters. The monoisotopic (exact) mass is 798 g/mol. The number of esters is 2. The van der Waals surface area contributed by atoms with Crippen molar-refractivity contribution in [2.24, 2.45) is 0 Å². The molecule has 2 aliphatic heterocycles. The second kappa shape index (κ2) is 18.2. The molecule has 8 rings (SSSR count). The van der Waals surface area contributed by atoms with Crippen LogP contribution in [0.2, 0.25) is 0 Å². The number of hydrogen-bond acceptors (Lipinski definition) is 12. The van der Waals surface area contributed by atoms with Gasteiger partial charge in [-0.2, -0.15) is 0 Å². The zero-order valence-corrected chi connectivity index (χ0v) is 32.1. The molecule has 302 valence electrons. The molecular formula is C47H42O12. The molecule has 59 heavy (non-hydrogen) atoms. The van der Waals surface area contributed by atoms with Crippen LogP contribution in [0.25, 0.3) is 32.3 Å². The van der Waals surface area contributed by atoms with E-state index in [2.05, 4.69) is 13.2 Å². The fourth-order valence-corrected chi connectivity index (χ4v) is 6.19. The number of carbonyl (C=O) groups is 2. The van der Waals surface area contributed by atoms with Crippen LogP contribution in [0.15, 0.2) is 135 Å². The van der Waals surface area contributed by atoms with Crippen LogP contribution in [0.4, 0.5) is 0 Å². The summed E-state index contributed by atoms with van der Waals surface area (Å²) < 4.78 is 57.7. The molecule has 0 saturated carbocycles. The Bertz CT molecular complexity index is 2470. The van der Waals surface area contributed by atoms with Gasteiger partial charge in [-0.25, -0.2) is 9.59 Å². The van der Waals surface area contributed by atoms with Crippen LogP contribution in [0, 0.1) is 0 Å². The van der Waals surface area contributed by atoms with Crippen LogP contribution in [0.3, 0.4) is 0 Å². The molecule has 0 radical (unpaired) electrons. The molecule has 2 heterocycles. The maximum absolute atomic E-state index is 12.3. The molecule has 0 spiro atoms. The van der Waals surface area contributed by atoms with Gasteiger partial charge < -0.3 is 47.4 Å². The van der Waals surface area contributed by atoms with Gasteiger partial charge in [0.25, 0.3) is 6.29 Å². The van der Waals surface area contributed by atoms with Gasteiger partial charge in [-0.3, -0.25) is 0 Å². The number of epoxide rings is 2. The first-order valence-corrected chi connectivity index (χ1v) is 19.2. The first kappa shape index (κ1) is 39.1. The second-order valence-electron chi connectivity index (χ2n) is 13.9.